The first-order valence-corrected chi connectivity index (χ1v) is 11.4. The molecule has 0 spiro atoms. The predicted octanol–water partition coefficient (Wildman–Crippen LogP) is 3.34. The number of nitrogens with one attached hydrogen (secondary N) is 1. The number of fused-ring (bicyclic) bond motifs is 1. The Labute approximate surface area is 196 Å². The van der Waals surface area contributed by atoms with E-state index in [0.717, 1.165) is 17.7 Å². The van der Waals surface area contributed by atoms with Crippen molar-refractivity contribution in [3.63, 3.8) is 0 Å². The van der Waals surface area contributed by atoms with Gasteiger partial charge in [-0.1, -0.05) is 23.2 Å². The molecule has 2 N–H and O–H groups in total. The van der Waals surface area contributed by atoms with Gasteiger partial charge in [-0.2, -0.15) is 0 Å². The summed E-state index contributed by atoms with van der Waals surface area (Å²) in [6.07, 6.45) is 0.372. The molecule has 7 nitrogen and oxygen atoms in total. The molecule has 2 aromatic rings. The van der Waals surface area contributed by atoms with E-state index in [4.69, 9.17) is 32.7 Å². The molecule has 1 fully saturated rings. The molecule has 32 heavy (non-hydrogen) atoms. The number of aromatic amines is 1. The van der Waals surface area contributed by atoms with Crippen molar-refractivity contribution < 1.29 is 19.4 Å². The van der Waals surface area contributed by atoms with Crippen LogP contribution in [0.15, 0.2) is 16.9 Å². The van der Waals surface area contributed by atoms with Crippen LogP contribution in [-0.4, -0.2) is 53.4 Å². The number of aromatic nitrogens is 1. The Morgan fingerprint density at radius 3 is 2.75 bits per heavy atom. The molecule has 2 atom stereocenters. The SMILES string of the molecule is Cc1cc(C)c(CN2CCc3c(Cl)cc(C(CO)OC4CCOC4)c(Cl)c3C2=O)c(=O)[nH]1. The van der Waals surface area contributed by atoms with Gasteiger partial charge in [0.05, 0.1) is 36.4 Å². The average Bonchev–Trinajstić information content (AvgIpc) is 3.25. The van der Waals surface area contributed by atoms with E-state index in [1.54, 1.807) is 11.0 Å². The fourth-order valence-electron chi connectivity index (χ4n) is 4.38. The van der Waals surface area contributed by atoms with E-state index in [-0.39, 0.29) is 35.7 Å². The molecule has 2 unspecified atom stereocenters. The van der Waals surface area contributed by atoms with Crippen molar-refractivity contribution in [1.29, 1.82) is 0 Å². The lowest BCUT2D eigenvalue weighted by Crippen LogP contribution is -2.39. The van der Waals surface area contributed by atoms with Crippen LogP contribution in [0.1, 0.15) is 50.8 Å². The largest absolute Gasteiger partial charge is 0.393 e. The van der Waals surface area contributed by atoms with E-state index in [9.17, 15) is 14.7 Å². The van der Waals surface area contributed by atoms with Gasteiger partial charge in [0.25, 0.3) is 11.5 Å². The summed E-state index contributed by atoms with van der Waals surface area (Å²) in [5, 5.41) is 10.6. The molecule has 0 saturated carbocycles. The highest BCUT2D eigenvalue weighted by Gasteiger charge is 2.33. The standard InChI is InChI=1S/C23H26Cl2N2O5/c1-12-7-13(2)26-22(29)17(12)9-27-5-3-15-18(24)8-16(21(25)20(15)23(27)30)19(10-28)32-14-4-6-31-11-14/h7-8,14,19,28H,3-6,9-11H2,1-2H3,(H,26,29). The molecule has 0 radical (unpaired) electrons. The number of pyridine rings is 1. The number of hydrogen-bond donors (Lipinski definition) is 2. The first-order valence-electron chi connectivity index (χ1n) is 10.6. The quantitative estimate of drug-likeness (QED) is 0.661. The summed E-state index contributed by atoms with van der Waals surface area (Å²) in [5.41, 5.74) is 3.41. The number of halogens is 2. The first-order chi connectivity index (χ1) is 15.3. The molecule has 1 aromatic heterocycles. The maximum absolute atomic E-state index is 13.4. The number of aliphatic hydroxyl groups is 1. The zero-order chi connectivity index (χ0) is 23.0. The minimum absolute atomic E-state index is 0.151. The number of nitrogens with zero attached hydrogens (tertiary/aromatic N) is 1. The number of aryl methyl sites for hydroxylation is 2. The summed E-state index contributed by atoms with van der Waals surface area (Å²) < 4.78 is 11.3. The molecule has 4 rings (SSSR count). The molecule has 0 aliphatic carbocycles. The second-order valence-corrected chi connectivity index (χ2v) is 9.11. The van der Waals surface area contributed by atoms with Gasteiger partial charge in [-0.25, -0.2) is 0 Å². The van der Waals surface area contributed by atoms with E-state index in [1.165, 1.54) is 0 Å². The van der Waals surface area contributed by atoms with Gasteiger partial charge in [0.15, 0.2) is 0 Å². The van der Waals surface area contributed by atoms with E-state index in [1.807, 2.05) is 19.9 Å². The smallest absolute Gasteiger partial charge is 0.256 e. The second-order valence-electron chi connectivity index (χ2n) is 8.33. The molecule has 3 heterocycles. The zero-order valence-corrected chi connectivity index (χ0v) is 19.6. The van der Waals surface area contributed by atoms with Gasteiger partial charge in [0.2, 0.25) is 0 Å². The van der Waals surface area contributed by atoms with E-state index >= 15 is 0 Å². The third-order valence-corrected chi connectivity index (χ3v) is 6.82. The van der Waals surface area contributed by atoms with Crippen LogP contribution in [0.4, 0.5) is 0 Å². The van der Waals surface area contributed by atoms with Gasteiger partial charge in [0.1, 0.15) is 6.10 Å². The Kier molecular flexibility index (Phi) is 6.93. The van der Waals surface area contributed by atoms with Crippen LogP contribution in [0, 0.1) is 13.8 Å². The van der Waals surface area contributed by atoms with E-state index in [0.29, 0.717) is 53.5 Å². The van der Waals surface area contributed by atoms with Crippen LogP contribution >= 0.6 is 23.2 Å². The first kappa shape index (κ1) is 23.3. The third kappa shape index (κ3) is 4.45. The number of aliphatic hydroxyl groups excluding tert-OH is 1. The highest BCUT2D eigenvalue weighted by atomic mass is 35.5. The van der Waals surface area contributed by atoms with Crippen molar-refractivity contribution in [2.24, 2.45) is 0 Å². The molecule has 1 amide bonds. The summed E-state index contributed by atoms with van der Waals surface area (Å²) >= 11 is 13.2. The second kappa shape index (κ2) is 9.53. The van der Waals surface area contributed by atoms with Crippen LogP contribution in [0.2, 0.25) is 10.0 Å². The Bertz CT molecular complexity index is 1090. The van der Waals surface area contributed by atoms with Crippen molar-refractivity contribution in [3.8, 4) is 0 Å². The molecule has 0 bridgehead atoms. The summed E-state index contributed by atoms with van der Waals surface area (Å²) in [4.78, 5) is 30.3. The maximum Gasteiger partial charge on any atom is 0.256 e. The highest BCUT2D eigenvalue weighted by Crippen LogP contribution is 2.39. The Morgan fingerprint density at radius 1 is 1.31 bits per heavy atom. The van der Waals surface area contributed by atoms with Crippen molar-refractivity contribution in [2.75, 3.05) is 26.4 Å². The Balaban J connectivity index is 1.66. The number of rotatable bonds is 6. The van der Waals surface area contributed by atoms with E-state index < -0.39 is 6.10 Å². The lowest BCUT2D eigenvalue weighted by atomic mass is 9.94. The molecule has 1 aromatic carbocycles. The molecular formula is C23H26Cl2N2O5. The number of carbonyl (C=O) groups is 1. The predicted molar refractivity (Wildman–Crippen MR) is 122 cm³/mol. The van der Waals surface area contributed by atoms with Crippen molar-refractivity contribution in [2.45, 2.75) is 45.4 Å². The number of benzene rings is 1. The molecular weight excluding hydrogens is 455 g/mol. The topological polar surface area (TPSA) is 91.9 Å². The Morgan fingerprint density at radius 2 is 2.09 bits per heavy atom. The molecule has 1 saturated heterocycles. The minimum Gasteiger partial charge on any atom is -0.393 e. The normalized spacial score (nSPS) is 19.3. The zero-order valence-electron chi connectivity index (χ0n) is 18.0. The number of hydrogen-bond acceptors (Lipinski definition) is 5. The fraction of sp³-hybridized carbons (Fsp3) is 0.478. The van der Waals surface area contributed by atoms with Gasteiger partial charge in [0, 0.05) is 35.0 Å². The summed E-state index contributed by atoms with van der Waals surface area (Å²) in [5.74, 6) is -0.291. The number of ether oxygens (including phenoxy) is 2. The van der Waals surface area contributed by atoms with Crippen LogP contribution in [0.3, 0.4) is 0 Å². The molecule has 172 valence electrons. The fourth-order valence-corrected chi connectivity index (χ4v) is 5.06. The summed E-state index contributed by atoms with van der Waals surface area (Å²) in [6.45, 7) is 5.03. The van der Waals surface area contributed by atoms with E-state index in [2.05, 4.69) is 4.98 Å². The highest BCUT2D eigenvalue weighted by molar-refractivity contribution is 6.37. The molecule has 2 aliphatic heterocycles. The van der Waals surface area contributed by atoms with Crippen LogP contribution in [0.25, 0.3) is 0 Å². The molecule has 9 heteroatoms. The van der Waals surface area contributed by atoms with Gasteiger partial charge in [-0.15, -0.1) is 0 Å². The van der Waals surface area contributed by atoms with Crippen molar-refractivity contribution in [1.82, 2.24) is 9.88 Å². The number of H-pyrrole nitrogens is 1. The third-order valence-electron chi connectivity index (χ3n) is 6.08. The monoisotopic (exact) mass is 480 g/mol. The lowest BCUT2D eigenvalue weighted by Gasteiger charge is -2.31. The van der Waals surface area contributed by atoms with Gasteiger partial charge < -0.3 is 24.5 Å². The average molecular weight is 481 g/mol. The Hall–Kier alpha value is -1.90. The van der Waals surface area contributed by atoms with Crippen molar-refractivity contribution >= 4 is 29.1 Å². The lowest BCUT2D eigenvalue weighted by molar-refractivity contribution is -0.0427. The number of amides is 1. The summed E-state index contributed by atoms with van der Waals surface area (Å²) in [6, 6.07) is 3.56. The summed E-state index contributed by atoms with van der Waals surface area (Å²) in [7, 11) is 0. The number of carbonyl (C=O) groups excluding carboxylic acids is 1. The van der Waals surface area contributed by atoms with Gasteiger partial charge in [-0.3, -0.25) is 9.59 Å². The minimum atomic E-state index is -0.720. The van der Waals surface area contributed by atoms with Gasteiger partial charge >= 0.3 is 0 Å². The molecule has 2 aliphatic rings. The van der Waals surface area contributed by atoms with Gasteiger partial charge in [-0.05, 0) is 49.9 Å². The van der Waals surface area contributed by atoms with Crippen molar-refractivity contribution in [3.05, 3.63) is 66.0 Å². The van der Waals surface area contributed by atoms with Crippen LogP contribution in [0.5, 0.6) is 0 Å². The maximum atomic E-state index is 13.4. The van der Waals surface area contributed by atoms with Crippen LogP contribution in [-0.2, 0) is 22.4 Å². The van der Waals surface area contributed by atoms with Crippen LogP contribution < -0.4 is 5.56 Å².